The molecule has 20 heavy (non-hydrogen) atoms. The van der Waals surface area contributed by atoms with Gasteiger partial charge in [0, 0.05) is 26.2 Å². The molecule has 0 radical (unpaired) electrons. The van der Waals surface area contributed by atoms with Crippen LogP contribution in [-0.2, 0) is 4.79 Å². The number of hydrogen-bond acceptors (Lipinski definition) is 3. The van der Waals surface area contributed by atoms with E-state index in [1.165, 1.54) is 18.4 Å². The molecule has 3 rings (SSSR count). The van der Waals surface area contributed by atoms with Gasteiger partial charge in [0.2, 0.25) is 0 Å². The maximum absolute atomic E-state index is 11.7. The van der Waals surface area contributed by atoms with Crippen LogP contribution in [0.15, 0.2) is 24.3 Å². The fraction of sp³-hybridized carbons (Fsp3) is 0.562. The molecular weight excluding hydrogens is 252 g/mol. The van der Waals surface area contributed by atoms with Crippen LogP contribution in [0.1, 0.15) is 35.9 Å². The number of aliphatic carboxylic acids is 1. The first-order valence-electron chi connectivity index (χ1n) is 7.40. The van der Waals surface area contributed by atoms with E-state index in [1.54, 1.807) is 0 Å². The van der Waals surface area contributed by atoms with Crippen LogP contribution < -0.4 is 0 Å². The van der Waals surface area contributed by atoms with Crippen molar-refractivity contribution in [3.05, 3.63) is 35.4 Å². The molecule has 0 aromatic heterocycles. The maximum atomic E-state index is 11.7. The van der Waals surface area contributed by atoms with Crippen molar-refractivity contribution in [2.24, 2.45) is 0 Å². The third-order valence-corrected chi connectivity index (χ3v) is 4.41. The maximum Gasteiger partial charge on any atom is 0.325 e. The number of hydrogen-bond donors (Lipinski definition) is 1. The Bertz CT molecular complexity index is 491. The lowest BCUT2D eigenvalue weighted by Crippen LogP contribution is -2.47. The Morgan fingerprint density at radius 3 is 2.55 bits per heavy atom. The third kappa shape index (κ3) is 2.86. The van der Waals surface area contributed by atoms with Crippen LogP contribution in [0.25, 0.3) is 0 Å². The van der Waals surface area contributed by atoms with Crippen LogP contribution in [0.2, 0.25) is 0 Å². The van der Waals surface area contributed by atoms with E-state index in [-0.39, 0.29) is 0 Å². The Hall–Kier alpha value is -1.39. The van der Waals surface area contributed by atoms with Crippen molar-refractivity contribution < 1.29 is 9.90 Å². The number of nitrogens with zero attached hydrogens (tertiary/aromatic N) is 2. The number of benzene rings is 1. The Morgan fingerprint density at radius 2 is 1.95 bits per heavy atom. The molecule has 1 atom stereocenters. The van der Waals surface area contributed by atoms with E-state index in [1.807, 2.05) is 12.1 Å². The van der Waals surface area contributed by atoms with Crippen molar-refractivity contribution in [2.75, 3.05) is 33.2 Å². The average Bonchev–Trinajstić information content (AvgIpc) is 3.26. The van der Waals surface area contributed by atoms with E-state index in [4.69, 9.17) is 0 Å². The van der Waals surface area contributed by atoms with Crippen LogP contribution in [0.4, 0.5) is 0 Å². The van der Waals surface area contributed by atoms with E-state index < -0.39 is 12.0 Å². The highest BCUT2D eigenvalue weighted by Gasteiger charge is 2.31. The summed E-state index contributed by atoms with van der Waals surface area (Å²) in [5, 5.41) is 9.63. The van der Waals surface area contributed by atoms with Gasteiger partial charge in [-0.25, -0.2) is 0 Å². The lowest BCUT2D eigenvalue weighted by Gasteiger charge is -2.36. The number of piperazine rings is 1. The lowest BCUT2D eigenvalue weighted by molar-refractivity contribution is -0.144. The zero-order chi connectivity index (χ0) is 14.1. The molecule has 108 valence electrons. The summed E-state index contributed by atoms with van der Waals surface area (Å²) in [5.41, 5.74) is 2.24. The highest BCUT2D eigenvalue weighted by molar-refractivity contribution is 5.75. The summed E-state index contributed by atoms with van der Waals surface area (Å²) in [6.45, 7) is 3.51. The van der Waals surface area contributed by atoms with E-state index in [0.717, 1.165) is 31.7 Å². The van der Waals surface area contributed by atoms with Gasteiger partial charge >= 0.3 is 5.97 Å². The van der Waals surface area contributed by atoms with Gasteiger partial charge in [-0.2, -0.15) is 0 Å². The summed E-state index contributed by atoms with van der Waals surface area (Å²) >= 11 is 0. The van der Waals surface area contributed by atoms with Gasteiger partial charge in [0.25, 0.3) is 0 Å². The fourth-order valence-electron chi connectivity index (χ4n) is 2.99. The summed E-state index contributed by atoms with van der Waals surface area (Å²) in [6, 6.07) is 7.71. The molecule has 1 aromatic rings. The molecular formula is C16H22N2O2. The zero-order valence-electron chi connectivity index (χ0n) is 12.0. The standard InChI is InChI=1S/C16H22N2O2/c1-17-7-9-18(10-8-17)15(16(19)20)14-4-2-3-13(11-14)12-5-6-12/h2-4,11-12,15H,5-10H2,1H3,(H,19,20). The predicted octanol–water partition coefficient (Wildman–Crippen LogP) is 1.94. The van der Waals surface area contributed by atoms with Gasteiger partial charge in [0.1, 0.15) is 6.04 Å². The lowest BCUT2D eigenvalue weighted by atomic mass is 10.00. The Kier molecular flexibility index (Phi) is 3.76. The molecule has 1 aromatic carbocycles. The predicted molar refractivity (Wildman–Crippen MR) is 77.9 cm³/mol. The highest BCUT2D eigenvalue weighted by Crippen LogP contribution is 2.40. The summed E-state index contributed by atoms with van der Waals surface area (Å²) in [7, 11) is 2.08. The number of rotatable bonds is 4. The molecule has 4 nitrogen and oxygen atoms in total. The van der Waals surface area contributed by atoms with Crippen molar-refractivity contribution in [1.29, 1.82) is 0 Å². The monoisotopic (exact) mass is 274 g/mol. The molecule has 1 N–H and O–H groups in total. The second-order valence-corrected chi connectivity index (χ2v) is 6.02. The van der Waals surface area contributed by atoms with Gasteiger partial charge in [-0.05, 0) is 36.9 Å². The summed E-state index contributed by atoms with van der Waals surface area (Å²) in [6.07, 6.45) is 2.49. The molecule has 0 amide bonds. The number of carboxylic acids is 1. The molecule has 1 aliphatic carbocycles. The van der Waals surface area contributed by atoms with Crippen LogP contribution in [-0.4, -0.2) is 54.1 Å². The first-order valence-corrected chi connectivity index (χ1v) is 7.40. The van der Waals surface area contributed by atoms with E-state index in [0.29, 0.717) is 5.92 Å². The molecule has 1 saturated carbocycles. The number of likely N-dealkylation sites (N-methyl/N-ethyl adjacent to an activating group) is 1. The average molecular weight is 274 g/mol. The van der Waals surface area contributed by atoms with Crippen molar-refractivity contribution in [3.63, 3.8) is 0 Å². The second kappa shape index (κ2) is 5.54. The normalized spacial score (nSPS) is 22.6. The van der Waals surface area contributed by atoms with Crippen LogP contribution >= 0.6 is 0 Å². The molecule has 1 heterocycles. The minimum absolute atomic E-state index is 0.498. The molecule has 4 heteroatoms. The van der Waals surface area contributed by atoms with Crippen molar-refractivity contribution in [3.8, 4) is 0 Å². The van der Waals surface area contributed by atoms with E-state index >= 15 is 0 Å². The summed E-state index contributed by atoms with van der Waals surface area (Å²) < 4.78 is 0. The SMILES string of the molecule is CN1CCN(C(C(=O)O)c2cccc(C3CC3)c2)CC1. The summed E-state index contributed by atoms with van der Waals surface area (Å²) in [5.74, 6) is -0.0700. The largest absolute Gasteiger partial charge is 0.480 e. The van der Waals surface area contributed by atoms with Gasteiger partial charge in [-0.3, -0.25) is 9.69 Å². The minimum Gasteiger partial charge on any atom is -0.480 e. The molecule has 1 unspecified atom stereocenters. The third-order valence-electron chi connectivity index (χ3n) is 4.41. The smallest absolute Gasteiger partial charge is 0.325 e. The van der Waals surface area contributed by atoms with Crippen LogP contribution in [0.5, 0.6) is 0 Å². The molecule has 2 aliphatic rings. The van der Waals surface area contributed by atoms with Crippen LogP contribution in [0.3, 0.4) is 0 Å². The Morgan fingerprint density at radius 1 is 1.25 bits per heavy atom. The van der Waals surface area contributed by atoms with Gasteiger partial charge in [0.15, 0.2) is 0 Å². The zero-order valence-corrected chi connectivity index (χ0v) is 12.0. The number of carbonyl (C=O) groups is 1. The first kappa shape index (κ1) is 13.6. The van der Waals surface area contributed by atoms with Crippen LogP contribution in [0, 0.1) is 0 Å². The molecule has 0 bridgehead atoms. The quantitative estimate of drug-likeness (QED) is 0.911. The first-order chi connectivity index (χ1) is 9.65. The minimum atomic E-state index is -0.734. The van der Waals surface area contributed by atoms with E-state index in [9.17, 15) is 9.90 Å². The second-order valence-electron chi connectivity index (χ2n) is 6.02. The highest BCUT2D eigenvalue weighted by atomic mass is 16.4. The van der Waals surface area contributed by atoms with Gasteiger partial charge in [-0.15, -0.1) is 0 Å². The van der Waals surface area contributed by atoms with Crippen molar-refractivity contribution >= 4 is 5.97 Å². The van der Waals surface area contributed by atoms with Gasteiger partial charge < -0.3 is 10.0 Å². The Balaban J connectivity index is 1.82. The van der Waals surface area contributed by atoms with Crippen molar-refractivity contribution in [1.82, 2.24) is 9.80 Å². The molecule has 1 aliphatic heterocycles. The topological polar surface area (TPSA) is 43.8 Å². The van der Waals surface area contributed by atoms with E-state index in [2.05, 4.69) is 29.0 Å². The molecule has 1 saturated heterocycles. The van der Waals surface area contributed by atoms with Gasteiger partial charge in [-0.1, -0.05) is 24.3 Å². The number of carboxylic acid groups (broad SMARTS) is 1. The fourth-order valence-corrected chi connectivity index (χ4v) is 2.99. The van der Waals surface area contributed by atoms with Gasteiger partial charge in [0.05, 0.1) is 0 Å². The summed E-state index contributed by atoms with van der Waals surface area (Å²) in [4.78, 5) is 16.1. The Labute approximate surface area is 120 Å². The molecule has 2 fully saturated rings. The van der Waals surface area contributed by atoms with Crippen molar-refractivity contribution in [2.45, 2.75) is 24.8 Å². The molecule has 0 spiro atoms.